The van der Waals surface area contributed by atoms with Gasteiger partial charge in [-0.15, -0.1) is 6.58 Å². The summed E-state index contributed by atoms with van der Waals surface area (Å²) in [6, 6.07) is 2.19. The Bertz CT molecular complexity index is 542. The molecule has 1 aromatic rings. The molecule has 1 atom stereocenters. The first-order valence-electron chi connectivity index (χ1n) is 5.25. The van der Waals surface area contributed by atoms with Crippen molar-refractivity contribution in [2.24, 2.45) is 10.7 Å². The third-order valence-corrected chi connectivity index (χ3v) is 2.65. The summed E-state index contributed by atoms with van der Waals surface area (Å²) in [5.74, 6) is -1.88. The first-order valence-corrected chi connectivity index (χ1v) is 5.25. The van der Waals surface area contributed by atoms with Crippen molar-refractivity contribution in [2.45, 2.75) is 6.04 Å². The fraction of sp³-hybridized carbons (Fsp3) is 0.167. The molecule has 0 saturated heterocycles. The molecule has 0 aromatic heterocycles. The van der Waals surface area contributed by atoms with Crippen LogP contribution in [0, 0.1) is 11.6 Å². The van der Waals surface area contributed by atoms with Crippen molar-refractivity contribution in [1.29, 1.82) is 0 Å². The van der Waals surface area contributed by atoms with Crippen LogP contribution in [-0.2, 0) is 0 Å². The molecule has 0 radical (unpaired) electrons. The van der Waals surface area contributed by atoms with Gasteiger partial charge in [-0.2, -0.15) is 4.99 Å². The Morgan fingerprint density at radius 1 is 1.44 bits per heavy atom. The minimum Gasteiger partial charge on any atom is -0.385 e. The number of amides is 2. The van der Waals surface area contributed by atoms with Gasteiger partial charge in [0, 0.05) is 6.54 Å². The minimum absolute atomic E-state index is 0.0628. The van der Waals surface area contributed by atoms with Gasteiger partial charge in [0.05, 0.1) is 0 Å². The molecule has 1 aromatic carbocycles. The zero-order valence-electron chi connectivity index (χ0n) is 9.44. The van der Waals surface area contributed by atoms with Gasteiger partial charge >= 0.3 is 6.03 Å². The second-order valence-corrected chi connectivity index (χ2v) is 3.84. The van der Waals surface area contributed by atoms with Crippen LogP contribution in [-0.4, -0.2) is 23.3 Å². The maximum atomic E-state index is 13.2. The van der Waals surface area contributed by atoms with Crippen molar-refractivity contribution in [3.8, 4) is 0 Å². The lowest BCUT2D eigenvalue weighted by Gasteiger charge is -2.23. The molecule has 0 bridgehead atoms. The summed E-state index contributed by atoms with van der Waals surface area (Å²) in [5.41, 5.74) is 6.02. The number of urea groups is 1. The summed E-state index contributed by atoms with van der Waals surface area (Å²) >= 11 is 0. The quantitative estimate of drug-likeness (QED) is 0.835. The van der Waals surface area contributed by atoms with Gasteiger partial charge in [-0.3, -0.25) is 0 Å². The third kappa shape index (κ3) is 1.97. The van der Waals surface area contributed by atoms with Gasteiger partial charge in [0.15, 0.2) is 11.6 Å². The largest absolute Gasteiger partial charge is 0.385 e. The Morgan fingerprint density at radius 3 is 2.78 bits per heavy atom. The fourth-order valence-electron chi connectivity index (χ4n) is 1.86. The normalized spacial score (nSPS) is 19.0. The van der Waals surface area contributed by atoms with E-state index in [1.807, 2.05) is 0 Å². The summed E-state index contributed by atoms with van der Waals surface area (Å²) in [5, 5.41) is 0. The number of halogens is 2. The average molecular weight is 251 g/mol. The maximum absolute atomic E-state index is 13.2. The Hall–Kier alpha value is -2.24. The van der Waals surface area contributed by atoms with Crippen LogP contribution in [0.5, 0.6) is 0 Å². The number of amidine groups is 1. The zero-order valence-corrected chi connectivity index (χ0v) is 9.44. The average Bonchev–Trinajstić information content (AvgIpc) is 2.59. The number of carbonyl (C=O) groups excluding carboxylic acids is 1. The lowest BCUT2D eigenvalue weighted by molar-refractivity contribution is 0.212. The van der Waals surface area contributed by atoms with Gasteiger partial charge < -0.3 is 10.6 Å². The molecular formula is C12H11F2N3O. The molecule has 0 spiro atoms. The van der Waals surface area contributed by atoms with Crippen LogP contribution in [0.25, 0.3) is 0 Å². The molecule has 94 valence electrons. The van der Waals surface area contributed by atoms with E-state index in [1.54, 1.807) is 0 Å². The highest BCUT2D eigenvalue weighted by molar-refractivity contribution is 6.03. The molecule has 1 aliphatic rings. The SMILES string of the molecule is C=CCN1C(=O)N=C(N)C1c1ccc(F)c(F)c1. The van der Waals surface area contributed by atoms with Crippen molar-refractivity contribution in [1.82, 2.24) is 4.90 Å². The van der Waals surface area contributed by atoms with Crippen LogP contribution in [0.4, 0.5) is 13.6 Å². The topological polar surface area (TPSA) is 58.7 Å². The number of benzene rings is 1. The van der Waals surface area contributed by atoms with E-state index in [2.05, 4.69) is 11.6 Å². The number of aliphatic imine (C=N–C) groups is 1. The number of nitrogens with two attached hydrogens (primary N) is 1. The molecule has 2 amide bonds. The number of hydrogen-bond donors (Lipinski definition) is 1. The van der Waals surface area contributed by atoms with Crippen LogP contribution >= 0.6 is 0 Å². The van der Waals surface area contributed by atoms with Gasteiger partial charge in [-0.1, -0.05) is 12.1 Å². The van der Waals surface area contributed by atoms with E-state index in [4.69, 9.17) is 5.73 Å². The van der Waals surface area contributed by atoms with Crippen molar-refractivity contribution in [3.63, 3.8) is 0 Å². The molecule has 1 unspecified atom stereocenters. The lowest BCUT2D eigenvalue weighted by Crippen LogP contribution is -2.33. The third-order valence-electron chi connectivity index (χ3n) is 2.65. The molecule has 1 heterocycles. The van der Waals surface area contributed by atoms with Crippen LogP contribution in [0.3, 0.4) is 0 Å². The Morgan fingerprint density at radius 2 is 2.17 bits per heavy atom. The van der Waals surface area contributed by atoms with E-state index in [0.717, 1.165) is 12.1 Å². The molecule has 4 nitrogen and oxygen atoms in total. The molecular weight excluding hydrogens is 240 g/mol. The molecule has 1 aliphatic heterocycles. The van der Waals surface area contributed by atoms with Crippen LogP contribution in [0.15, 0.2) is 35.8 Å². The Labute approximate surface area is 102 Å². The highest BCUT2D eigenvalue weighted by atomic mass is 19.2. The summed E-state index contributed by atoms with van der Waals surface area (Å²) in [4.78, 5) is 16.5. The zero-order chi connectivity index (χ0) is 13.3. The van der Waals surface area contributed by atoms with E-state index in [9.17, 15) is 13.6 Å². The Balaban J connectivity index is 2.40. The smallest absolute Gasteiger partial charge is 0.346 e. The minimum atomic E-state index is -0.988. The van der Waals surface area contributed by atoms with E-state index in [-0.39, 0.29) is 12.4 Å². The van der Waals surface area contributed by atoms with Crippen molar-refractivity contribution < 1.29 is 13.6 Å². The van der Waals surface area contributed by atoms with E-state index in [1.165, 1.54) is 17.0 Å². The maximum Gasteiger partial charge on any atom is 0.346 e. The van der Waals surface area contributed by atoms with Crippen LogP contribution in [0.2, 0.25) is 0 Å². The molecule has 6 heteroatoms. The van der Waals surface area contributed by atoms with E-state index < -0.39 is 23.7 Å². The molecule has 0 fully saturated rings. The summed E-state index contributed by atoms with van der Waals surface area (Å²) < 4.78 is 26.1. The first kappa shape index (κ1) is 12.2. The van der Waals surface area contributed by atoms with Gasteiger partial charge in [-0.25, -0.2) is 13.6 Å². The molecule has 0 saturated carbocycles. The number of nitrogens with zero attached hydrogens (tertiary/aromatic N) is 2. The predicted octanol–water partition coefficient (Wildman–Crippen LogP) is 1.98. The van der Waals surface area contributed by atoms with Gasteiger partial charge in [-0.05, 0) is 17.7 Å². The second kappa shape index (κ2) is 4.56. The van der Waals surface area contributed by atoms with E-state index in [0.29, 0.717) is 5.56 Å². The van der Waals surface area contributed by atoms with Crippen molar-refractivity contribution in [3.05, 3.63) is 48.1 Å². The Kier molecular flexibility index (Phi) is 3.10. The van der Waals surface area contributed by atoms with Crippen molar-refractivity contribution in [2.75, 3.05) is 6.54 Å². The van der Waals surface area contributed by atoms with Crippen LogP contribution < -0.4 is 5.73 Å². The standard InChI is InChI=1S/C12H11F2N3O/c1-2-5-17-10(11(15)16-12(17)18)7-3-4-8(13)9(14)6-7/h2-4,6,10H,1,5H2,(H2,15,16,18). The molecule has 2 N–H and O–H groups in total. The van der Waals surface area contributed by atoms with Gasteiger partial charge in [0.25, 0.3) is 0 Å². The monoisotopic (exact) mass is 251 g/mol. The highest BCUT2D eigenvalue weighted by Crippen LogP contribution is 2.27. The number of rotatable bonds is 3. The predicted molar refractivity (Wildman–Crippen MR) is 63.0 cm³/mol. The van der Waals surface area contributed by atoms with Gasteiger partial charge in [0.1, 0.15) is 11.9 Å². The number of hydrogen-bond acceptors (Lipinski definition) is 2. The van der Waals surface area contributed by atoms with Crippen LogP contribution in [0.1, 0.15) is 11.6 Å². The summed E-state index contributed by atoms with van der Waals surface area (Å²) in [7, 11) is 0. The molecule has 0 aliphatic carbocycles. The summed E-state index contributed by atoms with van der Waals surface area (Å²) in [6.45, 7) is 3.75. The second-order valence-electron chi connectivity index (χ2n) is 3.84. The lowest BCUT2D eigenvalue weighted by atomic mass is 10.1. The fourth-order valence-corrected chi connectivity index (χ4v) is 1.86. The number of carbonyl (C=O) groups is 1. The molecule has 18 heavy (non-hydrogen) atoms. The first-order chi connectivity index (χ1) is 8.54. The van der Waals surface area contributed by atoms with Crippen molar-refractivity contribution >= 4 is 11.9 Å². The summed E-state index contributed by atoms with van der Waals surface area (Å²) in [6.07, 6.45) is 1.51. The van der Waals surface area contributed by atoms with Gasteiger partial charge in [0.2, 0.25) is 0 Å². The highest BCUT2D eigenvalue weighted by Gasteiger charge is 2.34. The van der Waals surface area contributed by atoms with E-state index >= 15 is 0 Å². The molecule has 2 rings (SSSR count).